The Hall–Kier alpha value is -2.59. The number of nitrogens with zero attached hydrogens (tertiary/aromatic N) is 2. The molecule has 0 saturated carbocycles. The Morgan fingerprint density at radius 3 is 2.42 bits per heavy atom. The Morgan fingerprint density at radius 2 is 1.73 bits per heavy atom. The fourth-order valence-corrected chi connectivity index (χ4v) is 3.16. The van der Waals surface area contributed by atoms with Crippen molar-refractivity contribution >= 4 is 17.2 Å². The van der Waals surface area contributed by atoms with E-state index in [0.717, 1.165) is 29.8 Å². The monoisotopic (exact) mass is 350 g/mol. The van der Waals surface area contributed by atoms with Gasteiger partial charge < -0.3 is 14.5 Å². The third-order valence-corrected chi connectivity index (χ3v) is 4.60. The number of para-hydroxylation sites is 1. The standard InChI is InChI=1S/C22H26N2O2/c1-4-17-10-8-9-13-20(17)24-16-19(18-11-6-5-7-12-18)21(22(24)25)26-15-14-23(2)3/h5-13H,4,14-16H2,1-3H3. The summed E-state index contributed by atoms with van der Waals surface area (Å²) in [6, 6.07) is 18.1. The molecule has 0 spiro atoms. The highest BCUT2D eigenvalue weighted by molar-refractivity contribution is 6.15. The lowest BCUT2D eigenvalue weighted by molar-refractivity contribution is -0.117. The molecule has 1 heterocycles. The normalized spacial score (nSPS) is 14.5. The lowest BCUT2D eigenvalue weighted by Gasteiger charge is -2.20. The fourth-order valence-electron chi connectivity index (χ4n) is 3.16. The zero-order valence-corrected chi connectivity index (χ0v) is 15.7. The largest absolute Gasteiger partial charge is 0.486 e. The van der Waals surface area contributed by atoms with Gasteiger partial charge in [0.15, 0.2) is 5.76 Å². The minimum Gasteiger partial charge on any atom is -0.486 e. The predicted molar refractivity (Wildman–Crippen MR) is 106 cm³/mol. The first-order valence-corrected chi connectivity index (χ1v) is 9.07. The first-order chi connectivity index (χ1) is 12.6. The molecular weight excluding hydrogens is 324 g/mol. The third-order valence-electron chi connectivity index (χ3n) is 4.60. The van der Waals surface area contributed by atoms with Crippen molar-refractivity contribution in [3.05, 3.63) is 71.5 Å². The molecule has 2 aromatic rings. The number of aryl methyl sites for hydroxylation is 1. The number of amides is 1. The number of benzene rings is 2. The summed E-state index contributed by atoms with van der Waals surface area (Å²) >= 11 is 0. The van der Waals surface area contributed by atoms with Gasteiger partial charge in [0.05, 0.1) is 6.54 Å². The van der Waals surface area contributed by atoms with Crippen LogP contribution in [0.5, 0.6) is 0 Å². The van der Waals surface area contributed by atoms with Crippen LogP contribution >= 0.6 is 0 Å². The SMILES string of the molecule is CCc1ccccc1N1CC(c2ccccc2)=C(OCCN(C)C)C1=O. The van der Waals surface area contributed by atoms with Crippen LogP contribution in [-0.4, -0.2) is 44.6 Å². The number of carbonyl (C=O) groups excluding carboxylic acids is 1. The molecule has 0 bridgehead atoms. The highest BCUT2D eigenvalue weighted by Gasteiger charge is 2.34. The second-order valence-electron chi connectivity index (χ2n) is 6.70. The lowest BCUT2D eigenvalue weighted by atomic mass is 10.1. The summed E-state index contributed by atoms with van der Waals surface area (Å²) in [6.45, 7) is 3.91. The number of anilines is 1. The maximum Gasteiger partial charge on any atom is 0.294 e. The van der Waals surface area contributed by atoms with Crippen LogP contribution < -0.4 is 4.90 Å². The Morgan fingerprint density at radius 1 is 1.04 bits per heavy atom. The molecule has 4 nitrogen and oxygen atoms in total. The Labute approximate surface area is 155 Å². The van der Waals surface area contributed by atoms with Gasteiger partial charge in [0, 0.05) is 17.8 Å². The van der Waals surface area contributed by atoms with Crippen molar-refractivity contribution in [1.29, 1.82) is 0 Å². The van der Waals surface area contributed by atoms with Gasteiger partial charge in [-0.05, 0) is 37.7 Å². The van der Waals surface area contributed by atoms with Crippen molar-refractivity contribution in [2.75, 3.05) is 38.7 Å². The summed E-state index contributed by atoms with van der Waals surface area (Å²) in [7, 11) is 3.99. The Bertz CT molecular complexity index is 797. The fraction of sp³-hybridized carbons (Fsp3) is 0.318. The van der Waals surface area contributed by atoms with Crippen LogP contribution in [0.2, 0.25) is 0 Å². The van der Waals surface area contributed by atoms with Crippen LogP contribution in [0.4, 0.5) is 5.69 Å². The molecule has 2 aromatic carbocycles. The second kappa shape index (κ2) is 8.19. The van der Waals surface area contributed by atoms with Crippen LogP contribution in [0.1, 0.15) is 18.1 Å². The number of ether oxygens (including phenoxy) is 1. The highest BCUT2D eigenvalue weighted by atomic mass is 16.5. The van der Waals surface area contributed by atoms with E-state index >= 15 is 0 Å². The predicted octanol–water partition coefficient (Wildman–Crippen LogP) is 3.59. The molecule has 1 aliphatic rings. The summed E-state index contributed by atoms with van der Waals surface area (Å²) in [4.78, 5) is 17.1. The van der Waals surface area contributed by atoms with Gasteiger partial charge in [-0.1, -0.05) is 55.5 Å². The third kappa shape index (κ3) is 3.81. The van der Waals surface area contributed by atoms with E-state index in [1.807, 2.05) is 72.4 Å². The van der Waals surface area contributed by atoms with Crippen molar-refractivity contribution in [2.24, 2.45) is 0 Å². The van der Waals surface area contributed by atoms with Gasteiger partial charge in [0.1, 0.15) is 6.61 Å². The maximum absolute atomic E-state index is 13.2. The first kappa shape index (κ1) is 18.2. The van der Waals surface area contributed by atoms with Crippen molar-refractivity contribution in [2.45, 2.75) is 13.3 Å². The van der Waals surface area contributed by atoms with Gasteiger partial charge in [-0.25, -0.2) is 0 Å². The minimum atomic E-state index is -0.0523. The van der Waals surface area contributed by atoms with Crippen LogP contribution in [0.25, 0.3) is 5.57 Å². The molecule has 0 radical (unpaired) electrons. The van der Waals surface area contributed by atoms with Crippen molar-refractivity contribution in [3.8, 4) is 0 Å². The number of hydrogen-bond donors (Lipinski definition) is 0. The van der Waals surface area contributed by atoms with E-state index in [-0.39, 0.29) is 5.91 Å². The molecule has 4 heteroatoms. The van der Waals surface area contributed by atoms with Gasteiger partial charge in [-0.2, -0.15) is 0 Å². The average Bonchev–Trinajstić information content (AvgIpc) is 2.99. The van der Waals surface area contributed by atoms with E-state index in [1.165, 1.54) is 5.56 Å². The summed E-state index contributed by atoms with van der Waals surface area (Å²) in [5.74, 6) is 0.424. The molecule has 0 aliphatic carbocycles. The molecular formula is C22H26N2O2. The number of rotatable bonds is 7. The van der Waals surface area contributed by atoms with E-state index in [1.54, 1.807) is 0 Å². The van der Waals surface area contributed by atoms with Gasteiger partial charge in [-0.3, -0.25) is 4.79 Å². The highest BCUT2D eigenvalue weighted by Crippen LogP contribution is 2.34. The van der Waals surface area contributed by atoms with E-state index in [4.69, 9.17) is 4.74 Å². The molecule has 0 atom stereocenters. The van der Waals surface area contributed by atoms with Crippen LogP contribution in [0, 0.1) is 0 Å². The Kier molecular flexibility index (Phi) is 5.74. The van der Waals surface area contributed by atoms with Crippen molar-refractivity contribution in [3.63, 3.8) is 0 Å². The zero-order chi connectivity index (χ0) is 18.5. The summed E-state index contributed by atoms with van der Waals surface area (Å²) in [5.41, 5.74) is 4.14. The first-order valence-electron chi connectivity index (χ1n) is 9.07. The lowest BCUT2D eigenvalue weighted by Crippen LogP contribution is -2.28. The van der Waals surface area contributed by atoms with E-state index in [9.17, 15) is 4.79 Å². The molecule has 0 fully saturated rings. The molecule has 26 heavy (non-hydrogen) atoms. The number of carbonyl (C=O) groups is 1. The zero-order valence-electron chi connectivity index (χ0n) is 15.7. The molecule has 0 N–H and O–H groups in total. The van der Waals surface area contributed by atoms with Gasteiger partial charge in [0.25, 0.3) is 5.91 Å². The van der Waals surface area contributed by atoms with Crippen LogP contribution in [0.3, 0.4) is 0 Å². The molecule has 1 aliphatic heterocycles. The van der Waals surface area contributed by atoms with E-state index in [2.05, 4.69) is 13.0 Å². The molecule has 3 rings (SSSR count). The van der Waals surface area contributed by atoms with Gasteiger partial charge >= 0.3 is 0 Å². The quantitative estimate of drug-likeness (QED) is 0.765. The molecule has 0 saturated heterocycles. The molecule has 136 valence electrons. The summed E-state index contributed by atoms with van der Waals surface area (Å²) in [5, 5.41) is 0. The van der Waals surface area contributed by atoms with Crippen molar-refractivity contribution < 1.29 is 9.53 Å². The minimum absolute atomic E-state index is 0.0523. The van der Waals surface area contributed by atoms with Gasteiger partial charge in [0.2, 0.25) is 0 Å². The average molecular weight is 350 g/mol. The Balaban J connectivity index is 1.93. The molecule has 1 amide bonds. The topological polar surface area (TPSA) is 32.8 Å². The smallest absolute Gasteiger partial charge is 0.294 e. The van der Waals surface area contributed by atoms with Crippen LogP contribution in [0.15, 0.2) is 60.4 Å². The van der Waals surface area contributed by atoms with Crippen molar-refractivity contribution in [1.82, 2.24) is 4.90 Å². The summed E-state index contributed by atoms with van der Waals surface area (Å²) in [6.07, 6.45) is 0.886. The maximum atomic E-state index is 13.2. The van der Waals surface area contributed by atoms with Crippen LogP contribution in [-0.2, 0) is 16.0 Å². The summed E-state index contributed by atoms with van der Waals surface area (Å²) < 4.78 is 5.97. The molecule has 0 aromatic heterocycles. The van der Waals surface area contributed by atoms with E-state index < -0.39 is 0 Å². The van der Waals surface area contributed by atoms with Gasteiger partial charge in [-0.15, -0.1) is 0 Å². The van der Waals surface area contributed by atoms with E-state index in [0.29, 0.717) is 18.9 Å². The number of hydrogen-bond acceptors (Lipinski definition) is 3. The number of likely N-dealkylation sites (N-methyl/N-ethyl adjacent to an activating group) is 1. The molecule has 0 unspecified atom stereocenters. The second-order valence-corrected chi connectivity index (χ2v) is 6.70.